The Morgan fingerprint density at radius 1 is 1.54 bits per heavy atom. The molecule has 0 bridgehead atoms. The molecule has 0 unspecified atom stereocenters. The molecule has 0 atom stereocenters. The summed E-state index contributed by atoms with van der Waals surface area (Å²) < 4.78 is 0. The molecular weight excluding hydrogens is 168 g/mol. The van der Waals surface area contributed by atoms with Crippen LogP contribution in [0.3, 0.4) is 0 Å². The van der Waals surface area contributed by atoms with Crippen LogP contribution in [0.1, 0.15) is 22.1 Å². The van der Waals surface area contributed by atoms with Crippen LogP contribution in [0, 0.1) is 0 Å². The van der Waals surface area contributed by atoms with Crippen LogP contribution in [0.15, 0.2) is 18.2 Å². The number of pyridine rings is 1. The fourth-order valence-corrected chi connectivity index (χ4v) is 1.30. The quantitative estimate of drug-likeness (QED) is 0.691. The van der Waals surface area contributed by atoms with Crippen molar-refractivity contribution in [2.24, 2.45) is 0 Å². The summed E-state index contributed by atoms with van der Waals surface area (Å²) in [6, 6.07) is 5.12. The van der Waals surface area contributed by atoms with E-state index >= 15 is 0 Å². The van der Waals surface area contributed by atoms with E-state index in [9.17, 15) is 4.79 Å². The maximum Gasteiger partial charge on any atom is 0.354 e. The minimum Gasteiger partial charge on any atom is -0.477 e. The van der Waals surface area contributed by atoms with Crippen molar-refractivity contribution >= 4 is 5.97 Å². The van der Waals surface area contributed by atoms with Crippen LogP contribution in [0.25, 0.3) is 0 Å². The third-order valence-electron chi connectivity index (χ3n) is 2.19. The molecule has 0 radical (unpaired) electrons. The van der Waals surface area contributed by atoms with Crippen LogP contribution in [-0.4, -0.2) is 29.1 Å². The zero-order valence-corrected chi connectivity index (χ0v) is 7.03. The van der Waals surface area contributed by atoms with Gasteiger partial charge in [-0.1, -0.05) is 6.07 Å². The summed E-state index contributed by atoms with van der Waals surface area (Å²) in [5.41, 5.74) is 1.00. The largest absolute Gasteiger partial charge is 0.477 e. The maximum atomic E-state index is 10.6. The molecule has 0 aliphatic carbocycles. The van der Waals surface area contributed by atoms with E-state index in [-0.39, 0.29) is 5.69 Å². The molecule has 1 aromatic rings. The predicted octanol–water partition coefficient (Wildman–Crippen LogP) is 0.467. The fraction of sp³-hybridized carbons (Fsp3) is 0.333. The Kier molecular flexibility index (Phi) is 1.98. The van der Waals surface area contributed by atoms with E-state index in [2.05, 4.69) is 10.3 Å². The molecular formula is C9H10N2O2. The van der Waals surface area contributed by atoms with Gasteiger partial charge in [0.05, 0.1) is 0 Å². The van der Waals surface area contributed by atoms with Crippen LogP contribution in [0.5, 0.6) is 0 Å². The lowest BCUT2D eigenvalue weighted by Gasteiger charge is -2.26. The molecule has 0 saturated carbocycles. The number of carboxylic acid groups (broad SMARTS) is 1. The van der Waals surface area contributed by atoms with Crippen LogP contribution >= 0.6 is 0 Å². The number of hydrogen-bond donors (Lipinski definition) is 2. The van der Waals surface area contributed by atoms with Gasteiger partial charge in [0.25, 0.3) is 0 Å². The van der Waals surface area contributed by atoms with Crippen molar-refractivity contribution in [3.63, 3.8) is 0 Å². The highest BCUT2D eigenvalue weighted by Crippen LogP contribution is 2.17. The van der Waals surface area contributed by atoms with Gasteiger partial charge < -0.3 is 10.4 Å². The van der Waals surface area contributed by atoms with E-state index in [4.69, 9.17) is 5.11 Å². The Morgan fingerprint density at radius 2 is 2.31 bits per heavy atom. The topological polar surface area (TPSA) is 62.2 Å². The number of nitrogens with one attached hydrogen (secondary N) is 1. The van der Waals surface area contributed by atoms with Gasteiger partial charge in [-0.3, -0.25) is 0 Å². The molecule has 2 N–H and O–H groups in total. The Morgan fingerprint density at radius 3 is 2.85 bits per heavy atom. The van der Waals surface area contributed by atoms with Crippen LogP contribution in [-0.2, 0) is 0 Å². The SMILES string of the molecule is O=C(O)c1cccc(C2CNC2)n1. The molecule has 0 amide bonds. The summed E-state index contributed by atoms with van der Waals surface area (Å²) in [5.74, 6) is -0.576. The van der Waals surface area contributed by atoms with Gasteiger partial charge in [-0.15, -0.1) is 0 Å². The first kappa shape index (κ1) is 8.19. The van der Waals surface area contributed by atoms with Crippen molar-refractivity contribution in [1.29, 1.82) is 0 Å². The zero-order chi connectivity index (χ0) is 9.26. The van der Waals surface area contributed by atoms with Crippen molar-refractivity contribution in [3.8, 4) is 0 Å². The molecule has 0 spiro atoms. The minimum absolute atomic E-state index is 0.129. The Balaban J connectivity index is 2.26. The van der Waals surface area contributed by atoms with E-state index in [0.29, 0.717) is 5.92 Å². The van der Waals surface area contributed by atoms with Crippen LogP contribution in [0.2, 0.25) is 0 Å². The van der Waals surface area contributed by atoms with E-state index < -0.39 is 5.97 Å². The van der Waals surface area contributed by atoms with Gasteiger partial charge in [-0.25, -0.2) is 9.78 Å². The number of carboxylic acids is 1. The van der Waals surface area contributed by atoms with Gasteiger partial charge in [0.1, 0.15) is 5.69 Å². The van der Waals surface area contributed by atoms with Crippen LogP contribution < -0.4 is 5.32 Å². The molecule has 2 rings (SSSR count). The normalized spacial score (nSPS) is 16.6. The second kappa shape index (κ2) is 3.14. The molecule has 1 aliphatic rings. The lowest BCUT2D eigenvalue weighted by molar-refractivity contribution is 0.0690. The number of aromatic nitrogens is 1. The first-order chi connectivity index (χ1) is 6.27. The summed E-state index contributed by atoms with van der Waals surface area (Å²) >= 11 is 0. The van der Waals surface area contributed by atoms with E-state index in [1.165, 1.54) is 6.07 Å². The lowest BCUT2D eigenvalue weighted by atomic mass is 9.98. The van der Waals surface area contributed by atoms with Crippen LogP contribution in [0.4, 0.5) is 0 Å². The number of hydrogen-bond acceptors (Lipinski definition) is 3. The predicted molar refractivity (Wildman–Crippen MR) is 46.8 cm³/mol. The summed E-state index contributed by atoms with van der Waals surface area (Å²) in [4.78, 5) is 14.7. The second-order valence-corrected chi connectivity index (χ2v) is 3.11. The summed E-state index contributed by atoms with van der Waals surface area (Å²) in [5, 5.41) is 11.8. The molecule has 1 aromatic heterocycles. The van der Waals surface area contributed by atoms with Gasteiger partial charge >= 0.3 is 5.97 Å². The third kappa shape index (κ3) is 1.53. The van der Waals surface area contributed by atoms with Gasteiger partial charge in [-0.2, -0.15) is 0 Å². The van der Waals surface area contributed by atoms with Crippen molar-refractivity contribution in [3.05, 3.63) is 29.6 Å². The fourth-order valence-electron chi connectivity index (χ4n) is 1.30. The lowest BCUT2D eigenvalue weighted by Crippen LogP contribution is -2.40. The monoisotopic (exact) mass is 178 g/mol. The van der Waals surface area contributed by atoms with Crippen molar-refractivity contribution < 1.29 is 9.90 Å². The first-order valence-corrected chi connectivity index (χ1v) is 4.18. The summed E-state index contributed by atoms with van der Waals surface area (Å²) in [7, 11) is 0. The minimum atomic E-state index is -0.964. The second-order valence-electron chi connectivity index (χ2n) is 3.11. The van der Waals surface area contributed by atoms with Crippen molar-refractivity contribution in [1.82, 2.24) is 10.3 Å². The Hall–Kier alpha value is -1.42. The number of aromatic carboxylic acids is 1. The first-order valence-electron chi connectivity index (χ1n) is 4.18. The van der Waals surface area contributed by atoms with E-state index in [0.717, 1.165) is 18.8 Å². The van der Waals surface area contributed by atoms with Gasteiger partial charge in [0.2, 0.25) is 0 Å². The molecule has 2 heterocycles. The van der Waals surface area contributed by atoms with Crippen molar-refractivity contribution in [2.45, 2.75) is 5.92 Å². The molecule has 1 saturated heterocycles. The summed E-state index contributed by atoms with van der Waals surface area (Å²) in [6.45, 7) is 1.80. The molecule has 68 valence electrons. The zero-order valence-electron chi connectivity index (χ0n) is 7.03. The Bertz CT molecular complexity index is 334. The molecule has 0 aromatic carbocycles. The van der Waals surface area contributed by atoms with Gasteiger partial charge in [0, 0.05) is 24.7 Å². The molecule has 4 heteroatoms. The average molecular weight is 178 g/mol. The third-order valence-corrected chi connectivity index (χ3v) is 2.19. The molecule has 1 fully saturated rings. The number of rotatable bonds is 2. The Labute approximate surface area is 75.6 Å². The summed E-state index contributed by atoms with van der Waals surface area (Å²) in [6.07, 6.45) is 0. The maximum absolute atomic E-state index is 10.6. The highest BCUT2D eigenvalue weighted by atomic mass is 16.4. The van der Waals surface area contributed by atoms with E-state index in [1.807, 2.05) is 6.07 Å². The smallest absolute Gasteiger partial charge is 0.354 e. The van der Waals surface area contributed by atoms with Gasteiger partial charge in [0.15, 0.2) is 0 Å². The van der Waals surface area contributed by atoms with Crippen molar-refractivity contribution in [2.75, 3.05) is 13.1 Å². The molecule has 4 nitrogen and oxygen atoms in total. The average Bonchev–Trinajstić information content (AvgIpc) is 2.01. The highest BCUT2D eigenvalue weighted by Gasteiger charge is 2.20. The van der Waals surface area contributed by atoms with E-state index in [1.54, 1.807) is 6.07 Å². The standard InChI is InChI=1S/C9H10N2O2/c12-9(13)8-3-1-2-7(11-8)6-4-10-5-6/h1-3,6,10H,4-5H2,(H,12,13). The highest BCUT2D eigenvalue weighted by molar-refractivity contribution is 5.85. The molecule has 13 heavy (non-hydrogen) atoms. The van der Waals surface area contributed by atoms with Gasteiger partial charge in [-0.05, 0) is 12.1 Å². The number of nitrogens with zero attached hydrogens (tertiary/aromatic N) is 1. The molecule has 1 aliphatic heterocycles. The number of carbonyl (C=O) groups is 1.